The number of nitrogens with one attached hydrogen (secondary N) is 1. The number of carboxylic acids is 1. The first-order valence-electron chi connectivity index (χ1n) is 14.6. The third kappa shape index (κ3) is 6.54. The molecule has 5 aromatic rings. The normalized spacial score (nSPS) is 15.4. The largest absolute Gasteiger partial charge is 0.497 e. The second-order valence-corrected chi connectivity index (χ2v) is 11.1. The molecular weight excluding hydrogens is 570 g/mol. The summed E-state index contributed by atoms with van der Waals surface area (Å²) in [4.78, 5) is 40.4. The standard InChI is InChI=1S/C35H33N5O5/c1-21-12-13-36-17-29(21)31-14-24-15-32(39-34(41)27-16-28(27)35(42)43)37-18-30(24)33(38-31)40(19-22-4-8-25(44-2)9-5-22)20-23-6-10-26(45-3)11-7-23/h4-15,17-18,27-28H,16,19-20H2,1-3H3,(H,42,43)(H,37,39,41). The van der Waals surface area contributed by atoms with Gasteiger partial charge >= 0.3 is 5.97 Å². The number of aryl methyl sites for hydroxylation is 1. The van der Waals surface area contributed by atoms with E-state index in [-0.39, 0.29) is 5.91 Å². The molecule has 1 aliphatic rings. The van der Waals surface area contributed by atoms with Gasteiger partial charge < -0.3 is 24.8 Å². The van der Waals surface area contributed by atoms with Gasteiger partial charge in [0.15, 0.2) is 0 Å². The fourth-order valence-electron chi connectivity index (χ4n) is 5.40. The van der Waals surface area contributed by atoms with Gasteiger partial charge in [-0.25, -0.2) is 9.97 Å². The Morgan fingerprint density at radius 1 is 0.911 bits per heavy atom. The molecule has 0 bridgehead atoms. The van der Waals surface area contributed by atoms with Gasteiger partial charge in [0.25, 0.3) is 0 Å². The highest BCUT2D eigenvalue weighted by atomic mass is 16.5. The average molecular weight is 604 g/mol. The van der Waals surface area contributed by atoms with Gasteiger partial charge in [-0.15, -0.1) is 0 Å². The fraction of sp³-hybridized carbons (Fsp3) is 0.229. The van der Waals surface area contributed by atoms with Crippen molar-refractivity contribution in [3.63, 3.8) is 0 Å². The molecule has 10 nitrogen and oxygen atoms in total. The van der Waals surface area contributed by atoms with Crippen LogP contribution in [0, 0.1) is 18.8 Å². The summed E-state index contributed by atoms with van der Waals surface area (Å²) in [6, 6.07) is 21.6. The van der Waals surface area contributed by atoms with Crippen molar-refractivity contribution in [2.75, 3.05) is 24.4 Å². The molecule has 10 heteroatoms. The number of hydrogen-bond acceptors (Lipinski definition) is 8. The monoisotopic (exact) mass is 603 g/mol. The lowest BCUT2D eigenvalue weighted by molar-refractivity contribution is -0.139. The SMILES string of the molecule is COc1ccc(CN(Cc2ccc(OC)cc2)c2nc(-c3cnccc3C)cc3cc(NC(=O)C4CC4C(=O)O)ncc23)cc1. The number of aliphatic carboxylic acids is 1. The van der Waals surface area contributed by atoms with Gasteiger partial charge in [0.2, 0.25) is 5.91 Å². The molecular formula is C35H33N5O5. The molecule has 0 spiro atoms. The van der Waals surface area contributed by atoms with E-state index in [2.05, 4.69) is 20.2 Å². The van der Waals surface area contributed by atoms with E-state index < -0.39 is 17.8 Å². The van der Waals surface area contributed by atoms with Gasteiger partial charge in [0, 0.05) is 42.6 Å². The number of hydrogen-bond donors (Lipinski definition) is 2. The molecule has 1 saturated carbocycles. The maximum atomic E-state index is 12.8. The molecule has 2 aromatic carbocycles. The molecule has 2 N–H and O–H groups in total. The Balaban J connectivity index is 1.44. The molecule has 228 valence electrons. The Labute approximate surface area is 260 Å². The number of amides is 1. The van der Waals surface area contributed by atoms with Crippen LogP contribution in [0.2, 0.25) is 0 Å². The number of carbonyl (C=O) groups excluding carboxylic acids is 1. The lowest BCUT2D eigenvalue weighted by Gasteiger charge is -2.26. The maximum absolute atomic E-state index is 12.8. The highest BCUT2D eigenvalue weighted by Crippen LogP contribution is 2.40. The number of fused-ring (bicyclic) bond motifs is 1. The van der Waals surface area contributed by atoms with Crippen LogP contribution in [-0.4, -0.2) is 46.2 Å². The molecule has 1 fully saturated rings. The van der Waals surface area contributed by atoms with E-state index >= 15 is 0 Å². The predicted molar refractivity (Wildman–Crippen MR) is 171 cm³/mol. The number of carbonyl (C=O) groups is 2. The first-order chi connectivity index (χ1) is 21.8. The Morgan fingerprint density at radius 2 is 1.56 bits per heavy atom. The second kappa shape index (κ2) is 12.6. The smallest absolute Gasteiger partial charge is 0.307 e. The first kappa shape index (κ1) is 29.6. The van der Waals surface area contributed by atoms with E-state index in [1.54, 1.807) is 32.8 Å². The fourth-order valence-corrected chi connectivity index (χ4v) is 5.40. The molecule has 1 amide bonds. The Hall–Kier alpha value is -5.51. The van der Waals surface area contributed by atoms with Crippen LogP contribution < -0.4 is 19.7 Å². The molecule has 2 atom stereocenters. The quantitative estimate of drug-likeness (QED) is 0.190. The van der Waals surface area contributed by atoms with Crippen LogP contribution in [0.25, 0.3) is 22.0 Å². The van der Waals surface area contributed by atoms with Crippen LogP contribution in [0.1, 0.15) is 23.1 Å². The number of aromatic nitrogens is 3. The predicted octanol–water partition coefficient (Wildman–Crippen LogP) is 5.88. The summed E-state index contributed by atoms with van der Waals surface area (Å²) in [5.41, 5.74) is 4.78. The topological polar surface area (TPSA) is 127 Å². The zero-order chi connectivity index (χ0) is 31.5. The van der Waals surface area contributed by atoms with Crippen molar-refractivity contribution in [2.45, 2.75) is 26.4 Å². The molecule has 45 heavy (non-hydrogen) atoms. The first-order valence-corrected chi connectivity index (χ1v) is 14.6. The van der Waals surface area contributed by atoms with Gasteiger partial charge in [-0.2, -0.15) is 0 Å². The molecule has 3 heterocycles. The molecule has 6 rings (SSSR count). The van der Waals surface area contributed by atoms with E-state index in [9.17, 15) is 14.7 Å². The zero-order valence-electron chi connectivity index (χ0n) is 25.2. The van der Waals surface area contributed by atoms with Crippen LogP contribution in [0.3, 0.4) is 0 Å². The molecule has 1 aliphatic carbocycles. The minimum absolute atomic E-state index is 0.332. The summed E-state index contributed by atoms with van der Waals surface area (Å²) in [6.07, 6.45) is 5.59. The lowest BCUT2D eigenvalue weighted by atomic mass is 10.0. The summed E-state index contributed by atoms with van der Waals surface area (Å²) in [5, 5.41) is 13.7. The Morgan fingerprint density at radius 3 is 2.11 bits per heavy atom. The third-order valence-corrected chi connectivity index (χ3v) is 8.07. The van der Waals surface area contributed by atoms with E-state index in [4.69, 9.17) is 14.5 Å². The molecule has 0 aliphatic heterocycles. The molecule has 0 radical (unpaired) electrons. The number of ether oxygens (including phenoxy) is 2. The van der Waals surface area contributed by atoms with Crippen molar-refractivity contribution in [2.24, 2.45) is 11.8 Å². The van der Waals surface area contributed by atoms with Crippen LogP contribution in [-0.2, 0) is 22.7 Å². The number of pyridine rings is 3. The zero-order valence-corrected chi connectivity index (χ0v) is 25.2. The average Bonchev–Trinajstić information content (AvgIpc) is 3.87. The highest BCUT2D eigenvalue weighted by molar-refractivity contribution is 6.00. The van der Waals surface area contributed by atoms with Gasteiger partial charge in [0.1, 0.15) is 23.1 Å². The van der Waals surface area contributed by atoms with Crippen molar-refractivity contribution < 1.29 is 24.2 Å². The summed E-state index contributed by atoms with van der Waals surface area (Å²) >= 11 is 0. The van der Waals surface area contributed by atoms with Crippen molar-refractivity contribution in [3.05, 3.63) is 102 Å². The van der Waals surface area contributed by atoms with Crippen LogP contribution >= 0.6 is 0 Å². The van der Waals surface area contributed by atoms with Crippen LogP contribution in [0.15, 0.2) is 85.3 Å². The molecule has 0 saturated heterocycles. The number of nitrogens with zero attached hydrogens (tertiary/aromatic N) is 4. The second-order valence-electron chi connectivity index (χ2n) is 11.1. The van der Waals surface area contributed by atoms with E-state index in [0.717, 1.165) is 56.0 Å². The van der Waals surface area contributed by atoms with Gasteiger partial charge in [-0.1, -0.05) is 24.3 Å². The number of methoxy groups -OCH3 is 2. The van der Waals surface area contributed by atoms with Crippen molar-refractivity contribution >= 4 is 34.3 Å². The minimum atomic E-state index is -0.956. The van der Waals surface area contributed by atoms with Crippen molar-refractivity contribution in [1.29, 1.82) is 0 Å². The lowest BCUT2D eigenvalue weighted by Crippen LogP contribution is -2.24. The highest BCUT2D eigenvalue weighted by Gasteiger charge is 2.48. The van der Waals surface area contributed by atoms with Crippen molar-refractivity contribution in [3.8, 4) is 22.8 Å². The number of carboxylic acid groups (broad SMARTS) is 1. The Kier molecular flexibility index (Phi) is 8.28. The van der Waals surface area contributed by atoms with Gasteiger partial charge in [-0.3, -0.25) is 14.6 Å². The molecule has 2 unspecified atom stereocenters. The van der Waals surface area contributed by atoms with Crippen molar-refractivity contribution in [1.82, 2.24) is 15.0 Å². The summed E-state index contributed by atoms with van der Waals surface area (Å²) < 4.78 is 10.7. The van der Waals surface area contributed by atoms with Crippen LogP contribution in [0.5, 0.6) is 11.5 Å². The minimum Gasteiger partial charge on any atom is -0.497 e. The van der Waals surface area contributed by atoms with Gasteiger partial charge in [0.05, 0.1) is 31.7 Å². The number of anilines is 2. The van der Waals surface area contributed by atoms with E-state index in [1.807, 2.05) is 73.7 Å². The number of rotatable bonds is 11. The summed E-state index contributed by atoms with van der Waals surface area (Å²) in [5.74, 6) is 0.130. The van der Waals surface area contributed by atoms with Gasteiger partial charge in [-0.05, 0) is 77.9 Å². The summed E-state index contributed by atoms with van der Waals surface area (Å²) in [6.45, 7) is 3.11. The van der Waals surface area contributed by atoms with Crippen LogP contribution in [0.4, 0.5) is 11.6 Å². The maximum Gasteiger partial charge on any atom is 0.307 e. The summed E-state index contributed by atoms with van der Waals surface area (Å²) in [7, 11) is 3.29. The third-order valence-electron chi connectivity index (χ3n) is 8.07. The van der Waals surface area contributed by atoms with E-state index in [0.29, 0.717) is 25.3 Å². The Bertz CT molecular complexity index is 1810. The van der Waals surface area contributed by atoms with E-state index in [1.165, 1.54) is 0 Å². The number of benzene rings is 2. The molecule has 3 aromatic heterocycles.